The van der Waals surface area contributed by atoms with E-state index in [9.17, 15) is 38.1 Å². The molecule has 1 saturated heterocycles. The minimum atomic E-state index is -4.79. The third kappa shape index (κ3) is 3.71. The van der Waals surface area contributed by atoms with Crippen LogP contribution in [0.15, 0.2) is 23.0 Å². The molecule has 3 fully saturated rings. The molecule has 1 heterocycles. The number of fused-ring (bicyclic) bond motifs is 2. The molecule has 13 heteroatoms. The van der Waals surface area contributed by atoms with E-state index in [4.69, 9.17) is 15.2 Å². The van der Waals surface area contributed by atoms with Gasteiger partial charge in [-0.2, -0.15) is 13.2 Å². The minimum absolute atomic E-state index is 0.0198. The molecule has 1 aliphatic heterocycles. The lowest BCUT2D eigenvalue weighted by Gasteiger charge is -2.53. The number of rotatable bonds is 5. The minimum Gasteiger partial charge on any atom is -0.510 e. The van der Waals surface area contributed by atoms with Gasteiger partial charge in [-0.25, -0.2) is 0 Å². The summed E-state index contributed by atoms with van der Waals surface area (Å²) in [7, 11) is 3.23. The summed E-state index contributed by atoms with van der Waals surface area (Å²) in [5.41, 5.74) is 1.36. The normalized spacial score (nSPS) is 31.7. The first-order valence-electron chi connectivity index (χ1n) is 13.1. The molecule has 1 spiro atoms. The van der Waals surface area contributed by atoms with Gasteiger partial charge in [-0.05, 0) is 62.9 Å². The lowest BCUT2D eigenvalue weighted by molar-refractivity contribution is -0.154. The second-order valence-corrected chi connectivity index (χ2v) is 11.4. The van der Waals surface area contributed by atoms with Crippen molar-refractivity contribution in [1.29, 1.82) is 0 Å². The van der Waals surface area contributed by atoms with Gasteiger partial charge >= 0.3 is 6.18 Å². The molecule has 5 aliphatic rings. The number of benzene rings is 1. The highest BCUT2D eigenvalue weighted by Gasteiger charge is 2.69. The maximum atomic E-state index is 14.5. The van der Waals surface area contributed by atoms with Gasteiger partial charge < -0.3 is 35.8 Å². The number of carbonyl (C=O) groups is 2. The van der Waals surface area contributed by atoms with E-state index < -0.39 is 82.6 Å². The summed E-state index contributed by atoms with van der Waals surface area (Å²) in [5.74, 6) is -5.25. The number of halogens is 3. The fourth-order valence-corrected chi connectivity index (χ4v) is 7.21. The first-order valence-corrected chi connectivity index (χ1v) is 13.1. The lowest BCUT2D eigenvalue weighted by atomic mass is 9.56. The van der Waals surface area contributed by atoms with Crippen molar-refractivity contribution < 1.29 is 47.6 Å². The molecule has 0 aromatic heterocycles. The second-order valence-electron chi connectivity index (χ2n) is 11.4. The van der Waals surface area contributed by atoms with E-state index in [1.807, 2.05) is 0 Å². The van der Waals surface area contributed by atoms with E-state index in [-0.39, 0.29) is 47.7 Å². The Kier molecular flexibility index (Phi) is 6.04. The van der Waals surface area contributed by atoms with Gasteiger partial charge in [-0.1, -0.05) is 0 Å². The van der Waals surface area contributed by atoms with Gasteiger partial charge in [0.05, 0.1) is 22.7 Å². The molecule has 1 unspecified atom stereocenters. The van der Waals surface area contributed by atoms with E-state index in [0.717, 1.165) is 18.9 Å². The number of primary amides is 1. The SMILES string of the molecule is CN(C)[C@@H]1C(O)=C(C(N)=O)C2OCO[C@@]23C(=O)C2=C(O)c4c(O)cc(CNC5CC5)c(C(F)(F)F)c4C[C@H]2C[C@@H]13. The number of nitrogens with zero attached hydrogens (tertiary/aromatic N) is 1. The maximum absolute atomic E-state index is 14.5. The molecule has 5 atom stereocenters. The predicted molar refractivity (Wildman–Crippen MR) is 133 cm³/mol. The number of carbonyl (C=O) groups excluding carboxylic acids is 2. The molecular formula is C27H30F3N3O7. The van der Waals surface area contributed by atoms with Crippen LogP contribution in [-0.4, -0.2) is 76.6 Å². The maximum Gasteiger partial charge on any atom is 0.417 e. The van der Waals surface area contributed by atoms with Crippen molar-refractivity contribution in [2.75, 3.05) is 20.9 Å². The largest absolute Gasteiger partial charge is 0.510 e. The molecule has 4 aliphatic carbocycles. The third-order valence-corrected chi connectivity index (χ3v) is 8.92. The Bertz CT molecular complexity index is 1380. The summed E-state index contributed by atoms with van der Waals surface area (Å²) in [6.07, 6.45) is -4.72. The van der Waals surface area contributed by atoms with Crippen LogP contribution in [0.25, 0.3) is 5.76 Å². The zero-order valence-corrected chi connectivity index (χ0v) is 21.8. The molecule has 6 N–H and O–H groups in total. The van der Waals surface area contributed by atoms with Crippen LogP contribution in [0.1, 0.15) is 41.5 Å². The van der Waals surface area contributed by atoms with Crippen LogP contribution >= 0.6 is 0 Å². The van der Waals surface area contributed by atoms with E-state index in [0.29, 0.717) is 0 Å². The number of phenolic OH excluding ortho intramolecular Hbond substituents is 1. The molecule has 1 aromatic rings. The van der Waals surface area contributed by atoms with E-state index in [1.54, 1.807) is 19.0 Å². The summed E-state index contributed by atoms with van der Waals surface area (Å²) < 4.78 is 55.1. The Hall–Kier alpha value is -3.13. The number of hydrogen-bond acceptors (Lipinski definition) is 9. The highest BCUT2D eigenvalue weighted by molar-refractivity contribution is 6.11. The Labute approximate surface area is 227 Å². The van der Waals surface area contributed by atoms with Crippen molar-refractivity contribution in [2.45, 2.75) is 62.2 Å². The number of aliphatic hydroxyl groups excluding tert-OH is 2. The standard InChI is InChI=1S/C27H30F3N3O7/c1-33(2)20-14-6-10-5-13-17(15(34)7-11(8-32-12-3-4-12)19(13)27(28,29)30)21(35)16(10)23(37)26(14)24(39-9-40-26)18(22(20)36)25(31)38/h7,10,12,14,20,24,32,34-36H,3-6,8-9H2,1-2H3,(H2,31,38)/t10-,14-,20-,24?,26-/m0/s1. The molecule has 216 valence electrons. The number of hydrogen-bond donors (Lipinski definition) is 5. The molecule has 6 rings (SSSR count). The Balaban J connectivity index is 1.54. The number of alkyl halides is 3. The van der Waals surface area contributed by atoms with Crippen molar-refractivity contribution in [3.8, 4) is 5.75 Å². The highest BCUT2D eigenvalue weighted by Crippen LogP contribution is 2.57. The number of nitrogens with one attached hydrogen (secondary N) is 1. The van der Waals surface area contributed by atoms with Gasteiger partial charge in [-0.3, -0.25) is 14.5 Å². The van der Waals surface area contributed by atoms with Gasteiger partial charge in [0.1, 0.15) is 30.2 Å². The van der Waals surface area contributed by atoms with Gasteiger partial charge in [0.2, 0.25) is 0 Å². The molecule has 40 heavy (non-hydrogen) atoms. The summed E-state index contributed by atoms with van der Waals surface area (Å²) in [6, 6.07) is 0.155. The van der Waals surface area contributed by atoms with E-state index in [2.05, 4.69) is 5.32 Å². The van der Waals surface area contributed by atoms with Crippen molar-refractivity contribution >= 4 is 17.4 Å². The van der Waals surface area contributed by atoms with Crippen LogP contribution in [0.5, 0.6) is 5.75 Å². The summed E-state index contributed by atoms with van der Waals surface area (Å²) in [6.45, 7) is -0.523. The van der Waals surface area contributed by atoms with Crippen LogP contribution < -0.4 is 11.1 Å². The monoisotopic (exact) mass is 565 g/mol. The van der Waals surface area contributed by atoms with Gasteiger partial charge in [0, 0.05) is 24.1 Å². The van der Waals surface area contributed by atoms with Crippen molar-refractivity contribution in [1.82, 2.24) is 10.2 Å². The van der Waals surface area contributed by atoms with Gasteiger partial charge in [0.25, 0.3) is 5.91 Å². The number of ketones is 1. The number of aromatic hydroxyl groups is 1. The zero-order chi connectivity index (χ0) is 28.9. The molecule has 0 bridgehead atoms. The first kappa shape index (κ1) is 27.1. The van der Waals surface area contributed by atoms with Crippen molar-refractivity contribution in [2.24, 2.45) is 17.6 Å². The highest BCUT2D eigenvalue weighted by atomic mass is 19.4. The smallest absolute Gasteiger partial charge is 0.417 e. The number of likely N-dealkylation sites (N-methyl/N-ethyl adjacent to an activating group) is 1. The van der Waals surface area contributed by atoms with Crippen molar-refractivity contribution in [3.05, 3.63) is 45.2 Å². The van der Waals surface area contributed by atoms with Gasteiger partial charge in [-0.15, -0.1) is 0 Å². The predicted octanol–water partition coefficient (Wildman–Crippen LogP) is 2.05. The molecule has 2 saturated carbocycles. The fraction of sp³-hybridized carbons (Fsp3) is 0.556. The van der Waals surface area contributed by atoms with Crippen LogP contribution in [0, 0.1) is 11.8 Å². The average Bonchev–Trinajstić information content (AvgIpc) is 3.57. The first-order chi connectivity index (χ1) is 18.8. The number of Topliss-reactive ketones (excluding diaryl/α,β-unsaturated/α-hetero) is 1. The number of ether oxygens (including phenoxy) is 2. The molecule has 10 nitrogen and oxygen atoms in total. The fourth-order valence-electron chi connectivity index (χ4n) is 7.21. The van der Waals surface area contributed by atoms with Crippen LogP contribution in [-0.2, 0) is 38.2 Å². The van der Waals surface area contributed by atoms with Gasteiger partial charge in [0.15, 0.2) is 11.4 Å². The Morgan fingerprint density at radius 3 is 2.55 bits per heavy atom. The zero-order valence-electron chi connectivity index (χ0n) is 21.8. The number of phenols is 1. The molecular weight excluding hydrogens is 535 g/mol. The topological polar surface area (TPSA) is 155 Å². The van der Waals surface area contributed by atoms with Crippen molar-refractivity contribution in [3.63, 3.8) is 0 Å². The Morgan fingerprint density at radius 1 is 1.25 bits per heavy atom. The van der Waals surface area contributed by atoms with Crippen LogP contribution in [0.2, 0.25) is 0 Å². The lowest BCUT2D eigenvalue weighted by Crippen LogP contribution is -2.67. The molecule has 0 radical (unpaired) electrons. The summed E-state index contributed by atoms with van der Waals surface area (Å²) in [4.78, 5) is 28.3. The number of nitrogens with two attached hydrogens (primary N) is 1. The Morgan fingerprint density at radius 2 is 1.95 bits per heavy atom. The second kappa shape index (κ2) is 8.93. The molecule has 1 aromatic carbocycles. The summed E-state index contributed by atoms with van der Waals surface area (Å²) in [5, 5.41) is 36.4. The third-order valence-electron chi connectivity index (χ3n) is 8.92. The van der Waals surface area contributed by atoms with E-state index in [1.165, 1.54) is 0 Å². The number of amides is 1. The van der Waals surface area contributed by atoms with Crippen LogP contribution in [0.3, 0.4) is 0 Å². The quantitative estimate of drug-likeness (QED) is 0.361. The summed E-state index contributed by atoms with van der Waals surface area (Å²) >= 11 is 0. The van der Waals surface area contributed by atoms with E-state index >= 15 is 0 Å². The van der Waals surface area contributed by atoms with Crippen LogP contribution in [0.4, 0.5) is 13.2 Å². The average molecular weight is 566 g/mol. The molecule has 1 amide bonds. The number of aliphatic hydroxyl groups is 2.